The lowest BCUT2D eigenvalue weighted by atomic mass is 10.0. The van der Waals surface area contributed by atoms with Crippen LogP contribution in [0.25, 0.3) is 0 Å². The number of hydrogen-bond donors (Lipinski definition) is 2. The Bertz CT molecular complexity index is 335. The zero-order chi connectivity index (χ0) is 15.3. The van der Waals surface area contributed by atoms with E-state index in [4.69, 9.17) is 9.47 Å². The van der Waals surface area contributed by atoms with E-state index in [1.165, 1.54) is 6.42 Å². The maximum atomic E-state index is 11.9. The van der Waals surface area contributed by atoms with E-state index in [9.17, 15) is 4.79 Å². The van der Waals surface area contributed by atoms with Crippen LogP contribution in [0.15, 0.2) is 0 Å². The maximum Gasteiger partial charge on any atom is 0.407 e. The Labute approximate surface area is 128 Å². The quantitative estimate of drug-likeness (QED) is 0.837. The van der Waals surface area contributed by atoms with Gasteiger partial charge >= 0.3 is 6.09 Å². The maximum absolute atomic E-state index is 11.9. The SMILES string of the molecule is CC(C)(C)OC(=O)NC1CCCC1NCC1CCCOC1. The highest BCUT2D eigenvalue weighted by molar-refractivity contribution is 5.68. The molecule has 1 aliphatic heterocycles. The molecule has 1 amide bonds. The topological polar surface area (TPSA) is 59.6 Å². The molecular formula is C16H30N2O3. The van der Waals surface area contributed by atoms with Gasteiger partial charge in [0.1, 0.15) is 5.60 Å². The number of carbonyl (C=O) groups is 1. The molecule has 0 aromatic heterocycles. The average molecular weight is 298 g/mol. The van der Waals surface area contributed by atoms with Crippen molar-refractivity contribution in [3.05, 3.63) is 0 Å². The lowest BCUT2D eigenvalue weighted by Crippen LogP contribution is -2.49. The van der Waals surface area contributed by atoms with Crippen molar-refractivity contribution < 1.29 is 14.3 Å². The van der Waals surface area contributed by atoms with Gasteiger partial charge < -0.3 is 20.1 Å². The van der Waals surface area contributed by atoms with E-state index in [-0.39, 0.29) is 12.1 Å². The summed E-state index contributed by atoms with van der Waals surface area (Å²) in [6.07, 6.45) is 5.40. The Kier molecular flexibility index (Phi) is 5.88. The molecule has 1 heterocycles. The second-order valence-corrected chi connectivity index (χ2v) is 7.28. The number of ether oxygens (including phenoxy) is 2. The number of carbonyl (C=O) groups excluding carboxylic acids is 1. The van der Waals surface area contributed by atoms with Crippen LogP contribution in [-0.2, 0) is 9.47 Å². The van der Waals surface area contributed by atoms with Gasteiger partial charge in [-0.2, -0.15) is 0 Å². The number of nitrogens with one attached hydrogen (secondary N) is 2. The van der Waals surface area contributed by atoms with Crippen LogP contribution in [-0.4, -0.2) is 43.5 Å². The first kappa shape index (κ1) is 16.6. The summed E-state index contributed by atoms with van der Waals surface area (Å²) in [5.41, 5.74) is -0.439. The van der Waals surface area contributed by atoms with Crippen molar-refractivity contribution in [1.82, 2.24) is 10.6 Å². The molecule has 3 atom stereocenters. The van der Waals surface area contributed by atoms with Crippen LogP contribution in [0.5, 0.6) is 0 Å². The highest BCUT2D eigenvalue weighted by atomic mass is 16.6. The summed E-state index contributed by atoms with van der Waals surface area (Å²) in [4.78, 5) is 11.9. The Morgan fingerprint density at radius 1 is 1.19 bits per heavy atom. The molecule has 3 unspecified atom stereocenters. The molecule has 0 aromatic carbocycles. The monoisotopic (exact) mass is 298 g/mol. The fourth-order valence-corrected chi connectivity index (χ4v) is 3.12. The number of rotatable bonds is 4. The van der Waals surface area contributed by atoms with E-state index in [0.717, 1.165) is 45.4 Å². The van der Waals surface area contributed by atoms with Crippen LogP contribution in [0.3, 0.4) is 0 Å². The number of hydrogen-bond acceptors (Lipinski definition) is 4. The predicted molar refractivity (Wildman–Crippen MR) is 82.3 cm³/mol. The molecule has 2 aliphatic rings. The molecule has 0 bridgehead atoms. The van der Waals surface area contributed by atoms with Crippen LogP contribution in [0, 0.1) is 5.92 Å². The Morgan fingerprint density at radius 2 is 1.95 bits per heavy atom. The molecule has 5 nitrogen and oxygen atoms in total. The summed E-state index contributed by atoms with van der Waals surface area (Å²) in [5, 5.41) is 6.64. The molecule has 2 N–H and O–H groups in total. The lowest BCUT2D eigenvalue weighted by Gasteiger charge is -2.28. The van der Waals surface area contributed by atoms with Crippen LogP contribution in [0.4, 0.5) is 4.79 Å². The van der Waals surface area contributed by atoms with Crippen molar-refractivity contribution in [2.75, 3.05) is 19.8 Å². The fraction of sp³-hybridized carbons (Fsp3) is 0.938. The molecule has 2 fully saturated rings. The highest BCUT2D eigenvalue weighted by Gasteiger charge is 2.30. The summed E-state index contributed by atoms with van der Waals surface area (Å²) < 4.78 is 10.9. The number of alkyl carbamates (subject to hydrolysis) is 1. The molecular weight excluding hydrogens is 268 g/mol. The predicted octanol–water partition coefficient (Wildman–Crippen LogP) is 2.45. The highest BCUT2D eigenvalue weighted by Crippen LogP contribution is 2.21. The molecule has 122 valence electrons. The molecule has 0 spiro atoms. The van der Waals surface area contributed by atoms with Gasteiger partial charge in [0.2, 0.25) is 0 Å². The van der Waals surface area contributed by atoms with Crippen LogP contribution in [0.1, 0.15) is 52.9 Å². The third kappa shape index (κ3) is 5.83. The van der Waals surface area contributed by atoms with Gasteiger partial charge in [0.25, 0.3) is 0 Å². The summed E-state index contributed by atoms with van der Waals surface area (Å²) in [6, 6.07) is 0.545. The molecule has 0 aromatic rings. The standard InChI is InChI=1S/C16H30N2O3/c1-16(2,3)21-15(19)18-14-8-4-7-13(14)17-10-12-6-5-9-20-11-12/h12-14,17H,4-11H2,1-3H3,(H,18,19). The van der Waals surface area contributed by atoms with Crippen LogP contribution < -0.4 is 10.6 Å². The normalized spacial score (nSPS) is 30.1. The third-order valence-corrected chi connectivity index (χ3v) is 4.14. The second kappa shape index (κ2) is 7.45. The van der Waals surface area contributed by atoms with E-state index in [0.29, 0.717) is 12.0 Å². The first-order chi connectivity index (χ1) is 9.94. The van der Waals surface area contributed by atoms with E-state index < -0.39 is 5.60 Å². The summed E-state index contributed by atoms with van der Waals surface area (Å²) in [5.74, 6) is 0.613. The zero-order valence-corrected chi connectivity index (χ0v) is 13.6. The first-order valence-corrected chi connectivity index (χ1v) is 8.25. The molecule has 1 saturated carbocycles. The zero-order valence-electron chi connectivity index (χ0n) is 13.6. The van der Waals surface area contributed by atoms with E-state index >= 15 is 0 Å². The summed E-state index contributed by atoms with van der Waals surface area (Å²) in [7, 11) is 0. The van der Waals surface area contributed by atoms with Gasteiger partial charge in [0.15, 0.2) is 0 Å². The smallest absolute Gasteiger partial charge is 0.407 e. The molecule has 1 aliphatic carbocycles. The minimum Gasteiger partial charge on any atom is -0.444 e. The molecule has 1 saturated heterocycles. The largest absolute Gasteiger partial charge is 0.444 e. The van der Waals surface area contributed by atoms with Crippen LogP contribution in [0.2, 0.25) is 0 Å². The number of amides is 1. The minimum absolute atomic E-state index is 0.185. The van der Waals surface area contributed by atoms with E-state index in [1.54, 1.807) is 0 Å². The van der Waals surface area contributed by atoms with Crippen LogP contribution >= 0.6 is 0 Å². The Hall–Kier alpha value is -0.810. The summed E-state index contributed by atoms with van der Waals surface area (Å²) >= 11 is 0. The van der Waals surface area contributed by atoms with Crippen molar-refractivity contribution in [3.63, 3.8) is 0 Å². The van der Waals surface area contributed by atoms with Gasteiger partial charge in [-0.3, -0.25) is 0 Å². The Balaban J connectivity index is 1.73. The van der Waals surface area contributed by atoms with Gasteiger partial charge in [-0.25, -0.2) is 4.79 Å². The molecule has 5 heteroatoms. The van der Waals surface area contributed by atoms with Crippen molar-refractivity contribution >= 4 is 6.09 Å². The van der Waals surface area contributed by atoms with Crippen molar-refractivity contribution in [3.8, 4) is 0 Å². The molecule has 2 rings (SSSR count). The average Bonchev–Trinajstić information content (AvgIpc) is 2.82. The fourth-order valence-electron chi connectivity index (χ4n) is 3.12. The summed E-state index contributed by atoms with van der Waals surface area (Å²) in [6.45, 7) is 8.42. The van der Waals surface area contributed by atoms with Gasteiger partial charge in [-0.1, -0.05) is 0 Å². The Morgan fingerprint density at radius 3 is 2.62 bits per heavy atom. The van der Waals surface area contributed by atoms with Crippen molar-refractivity contribution in [2.24, 2.45) is 5.92 Å². The van der Waals surface area contributed by atoms with Crippen molar-refractivity contribution in [1.29, 1.82) is 0 Å². The first-order valence-electron chi connectivity index (χ1n) is 8.25. The van der Waals surface area contributed by atoms with E-state index in [1.807, 2.05) is 20.8 Å². The second-order valence-electron chi connectivity index (χ2n) is 7.28. The third-order valence-electron chi connectivity index (χ3n) is 4.14. The minimum atomic E-state index is -0.439. The lowest BCUT2D eigenvalue weighted by molar-refractivity contribution is 0.0477. The molecule has 21 heavy (non-hydrogen) atoms. The van der Waals surface area contributed by atoms with Gasteiger partial charge in [0, 0.05) is 25.2 Å². The van der Waals surface area contributed by atoms with Gasteiger partial charge in [-0.05, 0) is 58.8 Å². The van der Waals surface area contributed by atoms with Crippen molar-refractivity contribution in [2.45, 2.75) is 70.6 Å². The van der Waals surface area contributed by atoms with E-state index in [2.05, 4.69) is 10.6 Å². The van der Waals surface area contributed by atoms with Gasteiger partial charge in [-0.15, -0.1) is 0 Å². The van der Waals surface area contributed by atoms with Gasteiger partial charge in [0.05, 0.1) is 6.61 Å². The molecule has 0 radical (unpaired) electrons.